The maximum atomic E-state index is 17.1. The van der Waals surface area contributed by atoms with Crippen molar-refractivity contribution >= 4 is 27.5 Å². The number of rotatable bonds is 6. The Morgan fingerprint density at radius 2 is 1.94 bits per heavy atom. The molecule has 2 bridgehead atoms. The summed E-state index contributed by atoms with van der Waals surface area (Å²) in [4.78, 5) is 18.8. The molecule has 4 aromatic rings. The summed E-state index contributed by atoms with van der Waals surface area (Å²) in [5.41, 5.74) is 1.88. The van der Waals surface area contributed by atoms with E-state index in [-0.39, 0.29) is 56.6 Å². The Hall–Kier alpha value is -4.63. The predicted molar refractivity (Wildman–Crippen MR) is 183 cm³/mol. The second kappa shape index (κ2) is 10.9. The molecule has 2 unspecified atom stereocenters. The molecule has 250 valence electrons. The molecule has 5 saturated heterocycles. The van der Waals surface area contributed by atoms with E-state index in [1.807, 2.05) is 0 Å². The molecule has 49 heavy (non-hydrogen) atoms. The highest BCUT2D eigenvalue weighted by atomic mass is 19.1. The van der Waals surface area contributed by atoms with Crippen LogP contribution in [-0.2, 0) is 4.74 Å². The predicted octanol–water partition coefficient (Wildman–Crippen LogP) is 5.11. The minimum absolute atomic E-state index is 0.0214. The molecule has 0 saturated carbocycles. The van der Waals surface area contributed by atoms with E-state index in [0.717, 1.165) is 49.9 Å². The fourth-order valence-corrected chi connectivity index (χ4v) is 9.00. The molecular formula is C38H36F2N6O3. The Morgan fingerprint density at radius 3 is 2.67 bits per heavy atom. The van der Waals surface area contributed by atoms with Gasteiger partial charge in [-0.1, -0.05) is 36.3 Å². The van der Waals surface area contributed by atoms with Gasteiger partial charge >= 0.3 is 6.01 Å². The van der Waals surface area contributed by atoms with E-state index >= 15 is 4.39 Å². The summed E-state index contributed by atoms with van der Waals surface area (Å²) in [5.74, 6) is 1.83. The first-order valence-corrected chi connectivity index (χ1v) is 16.8. The molecule has 2 N–H and O–H groups in total. The van der Waals surface area contributed by atoms with Crippen LogP contribution in [0.3, 0.4) is 0 Å². The fraction of sp³-hybridized carbons (Fsp3) is 0.395. The highest BCUT2D eigenvalue weighted by Crippen LogP contribution is 2.45. The van der Waals surface area contributed by atoms with Crippen LogP contribution in [0.5, 0.6) is 11.8 Å². The third kappa shape index (κ3) is 4.72. The van der Waals surface area contributed by atoms with Crippen molar-refractivity contribution < 1.29 is 23.4 Å². The third-order valence-corrected chi connectivity index (χ3v) is 11.3. The van der Waals surface area contributed by atoms with E-state index in [1.54, 1.807) is 6.20 Å². The van der Waals surface area contributed by atoms with Crippen molar-refractivity contribution in [3.05, 3.63) is 72.0 Å². The Morgan fingerprint density at radius 1 is 1.14 bits per heavy atom. The standard InChI is InChI=1S/C38H36F2N6O3/c1-4-27-30(39)6-5-23-9-26(47)10-28(31(23)27)33-32(40)34-29(13-41-33)35(45-16-25-7-8-38(19-45,44-25)24-17-48-18-24)43-36(42-34)49-20-37-11-21(2)14-46(37)15-22(3)12-37/h1,5-6,9-10,13,24-25,44,47H,2-3,7-8,11-12,14-20H2. The van der Waals surface area contributed by atoms with Gasteiger partial charge in [0.25, 0.3) is 0 Å². The highest BCUT2D eigenvalue weighted by Gasteiger charge is 2.52. The molecule has 0 amide bonds. The van der Waals surface area contributed by atoms with Gasteiger partial charge in [0.15, 0.2) is 5.82 Å². The van der Waals surface area contributed by atoms with Gasteiger partial charge in [0.1, 0.15) is 35.2 Å². The summed E-state index contributed by atoms with van der Waals surface area (Å²) >= 11 is 0. The summed E-state index contributed by atoms with van der Waals surface area (Å²) in [6, 6.07) is 5.86. The Balaban J connectivity index is 1.19. The maximum Gasteiger partial charge on any atom is 0.319 e. The minimum Gasteiger partial charge on any atom is -0.508 e. The summed E-state index contributed by atoms with van der Waals surface area (Å²) in [6.07, 6.45) is 10.9. The lowest BCUT2D eigenvalue weighted by Gasteiger charge is -2.49. The SMILES string of the molecule is C#Cc1c(F)ccc2cc(O)cc(-c3ncc4c(N5CC6CCC(C7COC7)(C5)N6)nc(OCC56CC(=C)CN5CC(=C)C6)nc4c3F)c12. The lowest BCUT2D eigenvalue weighted by atomic mass is 9.80. The topological polar surface area (TPSA) is 95.9 Å². The number of ether oxygens (including phenoxy) is 2. The number of benzene rings is 2. The number of nitrogens with zero attached hydrogens (tertiary/aromatic N) is 5. The van der Waals surface area contributed by atoms with Gasteiger partial charge in [-0.25, -0.2) is 8.78 Å². The number of phenolic OH excluding ortho intramolecular Hbond substituents is 1. The number of fused-ring (bicyclic) bond motifs is 5. The number of nitrogens with one attached hydrogen (secondary N) is 1. The minimum atomic E-state index is -0.742. The van der Waals surface area contributed by atoms with Gasteiger partial charge in [-0.3, -0.25) is 9.88 Å². The molecule has 9 nitrogen and oxygen atoms in total. The monoisotopic (exact) mass is 662 g/mol. The molecule has 5 aliphatic heterocycles. The van der Waals surface area contributed by atoms with Gasteiger partial charge in [0.2, 0.25) is 0 Å². The second-order valence-electron chi connectivity index (χ2n) is 14.5. The van der Waals surface area contributed by atoms with Crippen LogP contribution < -0.4 is 15.0 Å². The molecule has 5 fully saturated rings. The van der Waals surface area contributed by atoms with Gasteiger partial charge in [0.05, 0.1) is 29.7 Å². The number of piperazine rings is 1. The van der Waals surface area contributed by atoms with Crippen molar-refractivity contribution in [2.75, 3.05) is 50.9 Å². The van der Waals surface area contributed by atoms with Crippen LogP contribution in [0.1, 0.15) is 31.2 Å². The van der Waals surface area contributed by atoms with Gasteiger partial charge < -0.3 is 24.8 Å². The zero-order chi connectivity index (χ0) is 33.7. The lowest BCUT2D eigenvalue weighted by Crippen LogP contribution is -2.66. The summed E-state index contributed by atoms with van der Waals surface area (Å²) in [7, 11) is 0. The van der Waals surface area contributed by atoms with Gasteiger partial charge in [0, 0.05) is 60.8 Å². The molecular weight excluding hydrogens is 626 g/mol. The third-order valence-electron chi connectivity index (χ3n) is 11.3. The highest BCUT2D eigenvalue weighted by molar-refractivity contribution is 6.03. The average molecular weight is 663 g/mol. The van der Waals surface area contributed by atoms with Gasteiger partial charge in [-0.15, -0.1) is 6.42 Å². The Bertz CT molecular complexity index is 2120. The lowest BCUT2D eigenvalue weighted by molar-refractivity contribution is -0.0759. The van der Waals surface area contributed by atoms with E-state index in [9.17, 15) is 9.50 Å². The van der Waals surface area contributed by atoms with E-state index in [2.05, 4.69) is 44.2 Å². The van der Waals surface area contributed by atoms with Crippen LogP contribution in [-0.4, -0.2) is 88.1 Å². The van der Waals surface area contributed by atoms with Crippen LogP contribution >= 0.6 is 0 Å². The van der Waals surface area contributed by atoms with Crippen molar-refractivity contribution in [1.82, 2.24) is 25.2 Å². The van der Waals surface area contributed by atoms with Crippen molar-refractivity contribution in [3.63, 3.8) is 0 Å². The van der Waals surface area contributed by atoms with E-state index in [4.69, 9.17) is 20.9 Å². The maximum absolute atomic E-state index is 17.1. The van der Waals surface area contributed by atoms with Crippen LogP contribution in [0.2, 0.25) is 0 Å². The molecule has 5 aliphatic rings. The molecule has 2 atom stereocenters. The Labute approximate surface area is 282 Å². The fourth-order valence-electron chi connectivity index (χ4n) is 9.00. The molecule has 2 aromatic carbocycles. The van der Waals surface area contributed by atoms with Crippen molar-refractivity contribution in [2.45, 2.75) is 42.8 Å². The average Bonchev–Trinajstić information content (AvgIpc) is 3.63. The number of anilines is 1. The number of terminal acetylenes is 1. The number of hydrogen-bond donors (Lipinski definition) is 2. The molecule has 0 spiro atoms. The summed E-state index contributed by atoms with van der Waals surface area (Å²) in [5, 5.41) is 15.7. The molecule has 2 aromatic heterocycles. The van der Waals surface area contributed by atoms with E-state index in [0.29, 0.717) is 55.4 Å². The number of phenols is 1. The molecule has 11 heteroatoms. The van der Waals surface area contributed by atoms with E-state index < -0.39 is 11.6 Å². The van der Waals surface area contributed by atoms with Crippen LogP contribution in [0.4, 0.5) is 14.6 Å². The largest absolute Gasteiger partial charge is 0.508 e. The zero-order valence-corrected chi connectivity index (χ0v) is 27.1. The summed E-state index contributed by atoms with van der Waals surface area (Å²) in [6.45, 7) is 13.1. The van der Waals surface area contributed by atoms with Crippen molar-refractivity contribution in [2.24, 2.45) is 5.92 Å². The molecule has 9 rings (SSSR count). The summed E-state index contributed by atoms with van der Waals surface area (Å²) < 4.78 is 44.0. The normalized spacial score (nSPS) is 24.8. The molecule has 0 radical (unpaired) electrons. The number of aromatic nitrogens is 3. The Kier molecular flexibility index (Phi) is 6.79. The quantitative estimate of drug-likeness (QED) is 0.216. The first kappa shape index (κ1) is 30.4. The zero-order valence-electron chi connectivity index (χ0n) is 27.1. The smallest absolute Gasteiger partial charge is 0.319 e. The number of hydrogen-bond acceptors (Lipinski definition) is 9. The van der Waals surface area contributed by atoms with E-state index in [1.165, 1.54) is 24.3 Å². The number of pyridine rings is 1. The van der Waals surface area contributed by atoms with Crippen LogP contribution in [0.15, 0.2) is 54.8 Å². The van der Waals surface area contributed by atoms with Crippen molar-refractivity contribution in [1.29, 1.82) is 0 Å². The first-order chi connectivity index (χ1) is 23.6. The van der Waals surface area contributed by atoms with Crippen LogP contribution in [0.25, 0.3) is 32.9 Å². The van der Waals surface area contributed by atoms with Gasteiger partial charge in [-0.05, 0) is 49.3 Å². The first-order valence-electron chi connectivity index (χ1n) is 16.8. The molecule has 7 heterocycles. The van der Waals surface area contributed by atoms with Crippen LogP contribution in [0, 0.1) is 29.9 Å². The molecule has 0 aliphatic carbocycles. The van der Waals surface area contributed by atoms with Crippen molar-refractivity contribution in [3.8, 4) is 35.4 Å². The van der Waals surface area contributed by atoms with Gasteiger partial charge in [-0.2, -0.15) is 9.97 Å². The number of halogens is 2. The number of aromatic hydroxyl groups is 1. The second-order valence-corrected chi connectivity index (χ2v) is 14.5.